The molecule has 0 fully saturated rings. The molecule has 1 heterocycles. The Kier molecular flexibility index (Phi) is 4.95. The van der Waals surface area contributed by atoms with Gasteiger partial charge in [-0.2, -0.15) is 0 Å². The summed E-state index contributed by atoms with van der Waals surface area (Å²) in [6.45, 7) is 9.84. The first-order chi connectivity index (χ1) is 9.54. The third-order valence-electron chi connectivity index (χ3n) is 3.92. The van der Waals surface area contributed by atoms with Gasteiger partial charge < -0.3 is 5.32 Å². The minimum Gasteiger partial charge on any atom is -0.313 e. The number of aryl methyl sites for hydroxylation is 1. The minimum atomic E-state index is 0.0782. The Labute approximate surface area is 126 Å². The minimum absolute atomic E-state index is 0.0782. The van der Waals surface area contributed by atoms with Crippen molar-refractivity contribution in [2.24, 2.45) is 0 Å². The van der Waals surface area contributed by atoms with Gasteiger partial charge in [0.15, 0.2) is 0 Å². The highest BCUT2D eigenvalue weighted by molar-refractivity contribution is 7.09. The van der Waals surface area contributed by atoms with Crippen molar-refractivity contribution in [3.8, 4) is 0 Å². The number of hydrogen-bond donors (Lipinski definition) is 1. The van der Waals surface area contributed by atoms with Crippen molar-refractivity contribution < 1.29 is 0 Å². The first kappa shape index (κ1) is 15.2. The van der Waals surface area contributed by atoms with Gasteiger partial charge in [0.2, 0.25) is 0 Å². The molecule has 108 valence electrons. The number of hydrogen-bond acceptors (Lipinski definition) is 3. The lowest BCUT2D eigenvalue weighted by atomic mass is 9.76. The molecule has 1 unspecified atom stereocenters. The highest BCUT2D eigenvalue weighted by Crippen LogP contribution is 2.29. The SMILES string of the molecule is CCNC(Cc1csc(C)n1)C(C)(C)c1ccccc1. The summed E-state index contributed by atoms with van der Waals surface area (Å²) in [5, 5.41) is 6.97. The third kappa shape index (κ3) is 3.47. The maximum absolute atomic E-state index is 4.62. The molecule has 0 saturated carbocycles. The van der Waals surface area contributed by atoms with Gasteiger partial charge in [-0.15, -0.1) is 11.3 Å². The van der Waals surface area contributed by atoms with E-state index >= 15 is 0 Å². The number of nitrogens with zero attached hydrogens (tertiary/aromatic N) is 1. The second-order valence-corrected chi connectivity index (χ2v) is 6.82. The Morgan fingerprint density at radius 2 is 1.95 bits per heavy atom. The highest BCUT2D eigenvalue weighted by Gasteiger charge is 2.31. The molecule has 0 aliphatic rings. The maximum Gasteiger partial charge on any atom is 0.0897 e. The van der Waals surface area contributed by atoms with Crippen molar-refractivity contribution in [3.05, 3.63) is 52.0 Å². The zero-order valence-corrected chi connectivity index (χ0v) is 13.6. The quantitative estimate of drug-likeness (QED) is 0.870. The number of thiazole rings is 1. The molecule has 1 N–H and O–H groups in total. The third-order valence-corrected chi connectivity index (χ3v) is 4.74. The van der Waals surface area contributed by atoms with E-state index in [4.69, 9.17) is 0 Å². The molecule has 20 heavy (non-hydrogen) atoms. The molecule has 3 heteroatoms. The molecule has 1 aromatic carbocycles. The Morgan fingerprint density at radius 1 is 1.25 bits per heavy atom. The van der Waals surface area contributed by atoms with Gasteiger partial charge in [0.05, 0.1) is 10.7 Å². The van der Waals surface area contributed by atoms with Gasteiger partial charge >= 0.3 is 0 Å². The van der Waals surface area contributed by atoms with Crippen molar-refractivity contribution in [1.82, 2.24) is 10.3 Å². The van der Waals surface area contributed by atoms with Gasteiger partial charge in [0.1, 0.15) is 0 Å². The highest BCUT2D eigenvalue weighted by atomic mass is 32.1. The Hall–Kier alpha value is -1.19. The summed E-state index contributed by atoms with van der Waals surface area (Å²) in [5.74, 6) is 0. The van der Waals surface area contributed by atoms with Crippen LogP contribution in [-0.2, 0) is 11.8 Å². The van der Waals surface area contributed by atoms with Crippen LogP contribution in [-0.4, -0.2) is 17.6 Å². The van der Waals surface area contributed by atoms with E-state index in [-0.39, 0.29) is 5.41 Å². The summed E-state index contributed by atoms with van der Waals surface area (Å²) in [7, 11) is 0. The first-order valence-electron chi connectivity index (χ1n) is 7.24. The summed E-state index contributed by atoms with van der Waals surface area (Å²) >= 11 is 1.73. The largest absolute Gasteiger partial charge is 0.313 e. The summed E-state index contributed by atoms with van der Waals surface area (Å²) < 4.78 is 0. The molecule has 0 spiro atoms. The Morgan fingerprint density at radius 3 is 2.50 bits per heavy atom. The molecular weight excluding hydrogens is 264 g/mol. The number of likely N-dealkylation sites (N-methyl/N-ethyl adjacent to an activating group) is 1. The fraction of sp³-hybridized carbons (Fsp3) is 0.471. The van der Waals surface area contributed by atoms with Crippen LogP contribution in [0.5, 0.6) is 0 Å². The van der Waals surface area contributed by atoms with Gasteiger partial charge in [-0.05, 0) is 19.0 Å². The Balaban J connectivity index is 2.23. The fourth-order valence-corrected chi connectivity index (χ4v) is 3.23. The molecule has 1 atom stereocenters. The molecule has 0 aliphatic heterocycles. The van der Waals surface area contributed by atoms with Crippen LogP contribution < -0.4 is 5.32 Å². The summed E-state index contributed by atoms with van der Waals surface area (Å²) in [6, 6.07) is 11.1. The van der Waals surface area contributed by atoms with Crippen molar-refractivity contribution in [3.63, 3.8) is 0 Å². The van der Waals surface area contributed by atoms with Crippen LogP contribution in [0, 0.1) is 6.92 Å². The second kappa shape index (κ2) is 6.51. The average Bonchev–Trinajstić information content (AvgIpc) is 2.85. The number of rotatable bonds is 6. The summed E-state index contributed by atoms with van der Waals surface area (Å²) in [6.07, 6.45) is 0.972. The molecule has 1 aromatic heterocycles. The van der Waals surface area contributed by atoms with Crippen LogP contribution in [0.1, 0.15) is 37.0 Å². The van der Waals surface area contributed by atoms with E-state index in [2.05, 4.69) is 73.7 Å². The molecule has 0 aliphatic carbocycles. The molecule has 0 bridgehead atoms. The number of benzene rings is 1. The predicted molar refractivity (Wildman–Crippen MR) is 87.5 cm³/mol. The molecule has 2 rings (SSSR count). The zero-order valence-electron chi connectivity index (χ0n) is 12.8. The van der Waals surface area contributed by atoms with Gasteiger partial charge in [-0.3, -0.25) is 0 Å². The lowest BCUT2D eigenvalue weighted by molar-refractivity contribution is 0.341. The summed E-state index contributed by atoms with van der Waals surface area (Å²) in [5.41, 5.74) is 2.65. The van der Waals surface area contributed by atoms with Crippen LogP contribution in [0.15, 0.2) is 35.7 Å². The van der Waals surface area contributed by atoms with Crippen molar-refractivity contribution in [1.29, 1.82) is 0 Å². The predicted octanol–water partition coefficient (Wildman–Crippen LogP) is 3.95. The van der Waals surface area contributed by atoms with E-state index in [0.717, 1.165) is 18.0 Å². The van der Waals surface area contributed by atoms with Gasteiger partial charge in [0.25, 0.3) is 0 Å². The van der Waals surface area contributed by atoms with Gasteiger partial charge in [0, 0.05) is 23.3 Å². The zero-order chi connectivity index (χ0) is 14.6. The van der Waals surface area contributed by atoms with Gasteiger partial charge in [-0.1, -0.05) is 51.1 Å². The topological polar surface area (TPSA) is 24.9 Å². The fourth-order valence-electron chi connectivity index (χ4n) is 2.61. The van der Waals surface area contributed by atoms with E-state index in [1.807, 2.05) is 0 Å². The maximum atomic E-state index is 4.62. The van der Waals surface area contributed by atoms with Crippen LogP contribution in [0.2, 0.25) is 0 Å². The molecule has 2 nitrogen and oxygen atoms in total. The van der Waals surface area contributed by atoms with Crippen molar-refractivity contribution in [2.75, 3.05) is 6.54 Å². The van der Waals surface area contributed by atoms with E-state index in [1.54, 1.807) is 11.3 Å². The molecule has 0 radical (unpaired) electrons. The average molecular weight is 288 g/mol. The van der Waals surface area contributed by atoms with Crippen molar-refractivity contribution >= 4 is 11.3 Å². The first-order valence-corrected chi connectivity index (χ1v) is 8.12. The second-order valence-electron chi connectivity index (χ2n) is 5.76. The van der Waals surface area contributed by atoms with E-state index in [0.29, 0.717) is 6.04 Å². The van der Waals surface area contributed by atoms with Crippen LogP contribution in [0.25, 0.3) is 0 Å². The lowest BCUT2D eigenvalue weighted by Crippen LogP contribution is -2.46. The normalized spacial score (nSPS) is 13.4. The van der Waals surface area contributed by atoms with E-state index in [9.17, 15) is 0 Å². The molecular formula is C17H24N2S. The van der Waals surface area contributed by atoms with Crippen LogP contribution in [0.3, 0.4) is 0 Å². The summed E-state index contributed by atoms with van der Waals surface area (Å²) in [4.78, 5) is 4.62. The Bertz CT molecular complexity index is 531. The lowest BCUT2D eigenvalue weighted by Gasteiger charge is -2.35. The number of aromatic nitrogens is 1. The van der Waals surface area contributed by atoms with Crippen LogP contribution in [0.4, 0.5) is 0 Å². The monoisotopic (exact) mass is 288 g/mol. The molecule has 0 amide bonds. The van der Waals surface area contributed by atoms with Gasteiger partial charge in [-0.25, -0.2) is 4.98 Å². The van der Waals surface area contributed by atoms with Crippen molar-refractivity contribution in [2.45, 2.75) is 45.6 Å². The standard InChI is InChI=1S/C17H24N2S/c1-5-18-16(11-15-12-20-13(2)19-15)17(3,4)14-9-7-6-8-10-14/h6-10,12,16,18H,5,11H2,1-4H3. The van der Waals surface area contributed by atoms with Crippen LogP contribution >= 0.6 is 11.3 Å². The van der Waals surface area contributed by atoms with E-state index < -0.39 is 0 Å². The smallest absolute Gasteiger partial charge is 0.0897 e. The molecule has 0 saturated heterocycles. The number of nitrogens with one attached hydrogen (secondary N) is 1. The van der Waals surface area contributed by atoms with E-state index in [1.165, 1.54) is 11.3 Å². The molecule has 2 aromatic rings.